The number of nitrogens with zero attached hydrogens (tertiary/aromatic N) is 2. The maximum atomic E-state index is 12.0. The van der Waals surface area contributed by atoms with Crippen molar-refractivity contribution >= 4 is 27.8 Å². The lowest BCUT2D eigenvalue weighted by molar-refractivity contribution is 0.0945. The van der Waals surface area contributed by atoms with Crippen LogP contribution in [0, 0.1) is 0 Å². The van der Waals surface area contributed by atoms with E-state index in [2.05, 4.69) is 37.6 Å². The average Bonchev–Trinajstić information content (AvgIpc) is 2.87. The molecule has 1 aliphatic rings. The van der Waals surface area contributed by atoms with Gasteiger partial charge in [-0.25, -0.2) is 4.98 Å². The van der Waals surface area contributed by atoms with Gasteiger partial charge in [-0.3, -0.25) is 4.79 Å². The van der Waals surface area contributed by atoms with Crippen molar-refractivity contribution in [1.29, 1.82) is 0 Å². The zero-order valence-electron chi connectivity index (χ0n) is 11.1. The van der Waals surface area contributed by atoms with Crippen molar-refractivity contribution in [3.05, 3.63) is 45.7 Å². The molecule has 0 fully saturated rings. The highest BCUT2D eigenvalue weighted by molar-refractivity contribution is 9.10. The molecule has 0 saturated carbocycles. The fraction of sp³-hybridized carbons (Fsp3) is 0.286. The molecule has 1 aliphatic heterocycles. The third-order valence-electron chi connectivity index (χ3n) is 3.45. The van der Waals surface area contributed by atoms with E-state index in [1.54, 1.807) is 6.20 Å². The van der Waals surface area contributed by atoms with Crippen molar-refractivity contribution < 1.29 is 4.79 Å². The second-order valence-electron chi connectivity index (χ2n) is 4.74. The van der Waals surface area contributed by atoms with Crippen LogP contribution >= 0.6 is 15.9 Å². The topological polar surface area (TPSA) is 59.0 Å². The summed E-state index contributed by atoms with van der Waals surface area (Å²) in [5.41, 5.74) is 2.94. The Hall–Kier alpha value is -1.82. The second-order valence-corrected chi connectivity index (χ2v) is 5.59. The van der Waals surface area contributed by atoms with Gasteiger partial charge >= 0.3 is 0 Å². The monoisotopic (exact) mass is 334 g/mol. The molecule has 1 amide bonds. The van der Waals surface area contributed by atoms with Gasteiger partial charge in [-0.1, -0.05) is 15.9 Å². The molecule has 2 N–H and O–H groups in total. The summed E-state index contributed by atoms with van der Waals surface area (Å²) < 4.78 is 3.01. The maximum Gasteiger partial charge on any atom is 0.251 e. The number of imidazole rings is 1. The predicted molar refractivity (Wildman–Crippen MR) is 81.1 cm³/mol. The molecule has 6 heteroatoms. The Balaban J connectivity index is 1.97. The number of fused-ring (bicyclic) bond motifs is 1. The number of amides is 1. The zero-order valence-corrected chi connectivity index (χ0v) is 12.7. The van der Waals surface area contributed by atoms with E-state index >= 15 is 0 Å². The summed E-state index contributed by atoms with van der Waals surface area (Å²) in [5, 5.41) is 5.93. The number of halogens is 1. The Morgan fingerprint density at radius 3 is 3.15 bits per heavy atom. The number of rotatable bonds is 3. The molecule has 2 aromatic rings. The Bertz CT molecular complexity index is 665. The van der Waals surface area contributed by atoms with Crippen LogP contribution < -0.4 is 10.6 Å². The minimum absolute atomic E-state index is 0.00766. The summed E-state index contributed by atoms with van der Waals surface area (Å²) in [5.74, 6) is 0.816. The largest absolute Gasteiger partial charge is 0.359 e. The fourth-order valence-corrected chi connectivity index (χ4v) is 3.20. The second kappa shape index (κ2) is 5.28. The molecule has 0 aliphatic carbocycles. The van der Waals surface area contributed by atoms with Crippen molar-refractivity contribution in [3.8, 4) is 0 Å². The smallest absolute Gasteiger partial charge is 0.251 e. The van der Waals surface area contributed by atoms with Gasteiger partial charge in [0.05, 0.1) is 6.54 Å². The summed E-state index contributed by atoms with van der Waals surface area (Å²) in [6.07, 6.45) is 4.54. The van der Waals surface area contributed by atoms with Crippen molar-refractivity contribution in [1.82, 2.24) is 14.9 Å². The Morgan fingerprint density at radius 2 is 2.35 bits per heavy atom. The molecule has 0 spiro atoms. The minimum Gasteiger partial charge on any atom is -0.359 e. The van der Waals surface area contributed by atoms with Crippen LogP contribution in [0.2, 0.25) is 0 Å². The van der Waals surface area contributed by atoms with Crippen molar-refractivity contribution in [3.63, 3.8) is 0 Å². The standard InChI is InChI=1S/C14H15BrN4O/c1-16-14-18-4-5-19(14)8-9-6-11-10(12(15)7-9)2-3-17-13(11)20/h4-7H,2-3,8H2,1H3,(H,16,18)(H,17,20). The lowest BCUT2D eigenvalue weighted by Gasteiger charge is -2.19. The number of benzene rings is 1. The van der Waals surface area contributed by atoms with E-state index in [9.17, 15) is 4.79 Å². The van der Waals surface area contributed by atoms with Crippen molar-refractivity contribution in [2.45, 2.75) is 13.0 Å². The lowest BCUT2D eigenvalue weighted by Crippen LogP contribution is -2.32. The highest BCUT2D eigenvalue weighted by atomic mass is 79.9. The molecule has 0 radical (unpaired) electrons. The molecule has 0 atom stereocenters. The van der Waals surface area contributed by atoms with Crippen LogP contribution in [0.25, 0.3) is 0 Å². The van der Waals surface area contributed by atoms with E-state index < -0.39 is 0 Å². The molecule has 104 valence electrons. The van der Waals surface area contributed by atoms with Gasteiger partial charge in [-0.2, -0.15) is 0 Å². The minimum atomic E-state index is 0.00766. The Morgan fingerprint density at radius 1 is 1.50 bits per heavy atom. The predicted octanol–water partition coefficient (Wildman–Crippen LogP) is 2.02. The van der Waals surface area contributed by atoms with Gasteiger partial charge in [-0.15, -0.1) is 0 Å². The van der Waals surface area contributed by atoms with E-state index in [1.165, 1.54) is 0 Å². The first kappa shape index (κ1) is 13.2. The third kappa shape index (κ3) is 2.31. The molecule has 1 aromatic carbocycles. The molecule has 3 rings (SSSR count). The number of anilines is 1. The van der Waals surface area contributed by atoms with E-state index in [1.807, 2.05) is 23.9 Å². The molecule has 1 aromatic heterocycles. The normalized spacial score (nSPS) is 13.8. The van der Waals surface area contributed by atoms with Crippen LogP contribution in [0.4, 0.5) is 5.95 Å². The number of carbonyl (C=O) groups excluding carboxylic acids is 1. The van der Waals surface area contributed by atoms with Gasteiger partial charge < -0.3 is 15.2 Å². The first-order valence-corrected chi connectivity index (χ1v) is 7.26. The van der Waals surface area contributed by atoms with Gasteiger partial charge in [0, 0.05) is 36.0 Å². The summed E-state index contributed by atoms with van der Waals surface area (Å²) in [4.78, 5) is 16.2. The molecule has 2 heterocycles. The van der Waals surface area contributed by atoms with E-state index in [-0.39, 0.29) is 5.91 Å². The van der Waals surface area contributed by atoms with Gasteiger partial charge in [0.15, 0.2) is 0 Å². The van der Waals surface area contributed by atoms with Crippen LogP contribution in [-0.4, -0.2) is 29.1 Å². The van der Waals surface area contributed by atoms with Crippen molar-refractivity contribution in [2.75, 3.05) is 18.9 Å². The molecule has 0 bridgehead atoms. The van der Waals surface area contributed by atoms with Gasteiger partial charge in [0.25, 0.3) is 5.91 Å². The quantitative estimate of drug-likeness (QED) is 0.902. The van der Waals surface area contributed by atoms with Crippen LogP contribution in [0.1, 0.15) is 21.5 Å². The van der Waals surface area contributed by atoms with Gasteiger partial charge in [-0.05, 0) is 29.7 Å². The number of carbonyl (C=O) groups is 1. The number of nitrogens with one attached hydrogen (secondary N) is 2. The number of hydrogen-bond acceptors (Lipinski definition) is 3. The van der Waals surface area contributed by atoms with E-state index in [4.69, 9.17) is 0 Å². The fourth-order valence-electron chi connectivity index (χ4n) is 2.50. The molecule has 20 heavy (non-hydrogen) atoms. The first-order valence-electron chi connectivity index (χ1n) is 6.47. The highest BCUT2D eigenvalue weighted by Gasteiger charge is 2.19. The summed E-state index contributed by atoms with van der Waals surface area (Å²) in [7, 11) is 1.84. The van der Waals surface area contributed by atoms with E-state index in [0.29, 0.717) is 13.1 Å². The molecule has 5 nitrogen and oxygen atoms in total. The summed E-state index contributed by atoms with van der Waals surface area (Å²) >= 11 is 3.58. The first-order chi connectivity index (χ1) is 9.69. The summed E-state index contributed by atoms with van der Waals surface area (Å²) in [6.45, 7) is 1.38. The van der Waals surface area contributed by atoms with Crippen LogP contribution in [0.3, 0.4) is 0 Å². The lowest BCUT2D eigenvalue weighted by atomic mass is 9.98. The third-order valence-corrected chi connectivity index (χ3v) is 4.16. The molecular formula is C14H15BrN4O. The highest BCUT2D eigenvalue weighted by Crippen LogP contribution is 2.26. The van der Waals surface area contributed by atoms with Crippen LogP contribution in [0.15, 0.2) is 29.0 Å². The summed E-state index contributed by atoms with van der Waals surface area (Å²) in [6, 6.07) is 4.05. The molecular weight excluding hydrogens is 320 g/mol. The number of aromatic nitrogens is 2. The Kier molecular flexibility index (Phi) is 3.48. The molecule has 0 unspecified atom stereocenters. The number of hydrogen-bond donors (Lipinski definition) is 2. The van der Waals surface area contributed by atoms with E-state index in [0.717, 1.165) is 33.5 Å². The Labute approximate surface area is 125 Å². The van der Waals surface area contributed by atoms with Gasteiger partial charge in [0.1, 0.15) is 0 Å². The van der Waals surface area contributed by atoms with Crippen LogP contribution in [0.5, 0.6) is 0 Å². The van der Waals surface area contributed by atoms with Gasteiger partial charge in [0.2, 0.25) is 5.95 Å². The SMILES string of the molecule is CNc1nccn1Cc1cc(Br)c2c(c1)C(=O)NCC2. The van der Waals surface area contributed by atoms with Crippen LogP contribution in [-0.2, 0) is 13.0 Å². The van der Waals surface area contributed by atoms with Crippen molar-refractivity contribution in [2.24, 2.45) is 0 Å². The molecule has 0 saturated heterocycles. The average molecular weight is 335 g/mol. The zero-order chi connectivity index (χ0) is 14.1. The maximum absolute atomic E-state index is 12.0.